The molecule has 0 radical (unpaired) electrons. The number of amides is 2. The molecule has 4 aliphatic rings. The summed E-state index contributed by atoms with van der Waals surface area (Å²) in [7, 11) is 0. The van der Waals surface area contributed by atoms with Gasteiger partial charge >= 0.3 is 0 Å². The Morgan fingerprint density at radius 1 is 0.878 bits per heavy atom. The number of aromatic nitrogens is 2. The molecular weight excluding hydrogens is 516 g/mol. The van der Waals surface area contributed by atoms with Gasteiger partial charge in [0.1, 0.15) is 22.8 Å². The molecule has 212 valence electrons. The average Bonchev–Trinajstić information content (AvgIpc) is 3.64. The fraction of sp³-hybridized carbons (Fsp3) is 0.485. The number of carbonyl (C=O) groups excluding carboxylic acids is 4. The van der Waals surface area contributed by atoms with Gasteiger partial charge in [0.05, 0.1) is 16.4 Å². The maximum Gasteiger partial charge on any atom is 0.238 e. The highest BCUT2D eigenvalue weighted by atomic mass is 16.2. The topological polar surface area (TPSA) is 121 Å². The van der Waals surface area contributed by atoms with Crippen LogP contribution in [0.15, 0.2) is 42.5 Å². The van der Waals surface area contributed by atoms with Gasteiger partial charge in [-0.05, 0) is 84.9 Å². The first-order chi connectivity index (χ1) is 19.4. The van der Waals surface area contributed by atoms with Crippen molar-refractivity contribution >= 4 is 45.8 Å². The van der Waals surface area contributed by atoms with Crippen molar-refractivity contribution in [2.75, 3.05) is 10.6 Å². The Balaban J connectivity index is 1.08. The Morgan fingerprint density at radius 2 is 1.59 bits per heavy atom. The van der Waals surface area contributed by atoms with Crippen LogP contribution in [0.1, 0.15) is 66.2 Å². The number of Topliss-reactive ketones (excluding diaryl/α,β-unsaturated/α-hetero) is 2. The van der Waals surface area contributed by atoms with Gasteiger partial charge in [-0.2, -0.15) is 0 Å². The van der Waals surface area contributed by atoms with Gasteiger partial charge < -0.3 is 15.6 Å². The van der Waals surface area contributed by atoms with E-state index < -0.39 is 10.8 Å². The second-order valence-corrected chi connectivity index (χ2v) is 13.8. The number of fused-ring (bicyclic) bond motifs is 5. The zero-order chi connectivity index (χ0) is 28.9. The molecule has 4 unspecified atom stereocenters. The Labute approximate surface area is 239 Å². The monoisotopic (exact) mass is 552 g/mol. The minimum Gasteiger partial charge on any atom is -0.338 e. The molecule has 2 aromatic carbocycles. The summed E-state index contributed by atoms with van der Waals surface area (Å²) < 4.78 is 0. The Hall–Kier alpha value is -3.81. The molecule has 8 nitrogen and oxygen atoms in total. The fourth-order valence-electron chi connectivity index (χ4n) is 8.83. The van der Waals surface area contributed by atoms with Gasteiger partial charge in [-0.3, -0.25) is 19.2 Å². The van der Waals surface area contributed by atoms with E-state index in [0.29, 0.717) is 36.5 Å². The summed E-state index contributed by atoms with van der Waals surface area (Å²) in [6, 6.07) is 13.0. The van der Waals surface area contributed by atoms with Crippen LogP contribution in [0.25, 0.3) is 22.4 Å². The molecule has 4 saturated carbocycles. The van der Waals surface area contributed by atoms with Crippen molar-refractivity contribution in [1.82, 2.24) is 9.97 Å². The van der Waals surface area contributed by atoms with Gasteiger partial charge in [0, 0.05) is 35.7 Å². The van der Waals surface area contributed by atoms with Crippen LogP contribution in [0.3, 0.4) is 0 Å². The van der Waals surface area contributed by atoms with Crippen molar-refractivity contribution in [2.24, 2.45) is 33.5 Å². The van der Waals surface area contributed by atoms with E-state index in [1.54, 1.807) is 0 Å². The maximum atomic E-state index is 13.5. The standard InChI is InChI=1S/C33H36N4O4/c1-30(2)19-11-14-33(30,26(39)15-19)29(41)35-21-9-10-23-24(16-21)37-27(36-23)18-5-7-20(8-6-18)34-28(40)32-13-12-22(25(38)17-32)31(32,3)4/h5-10,16,19,22H,11-15,17H2,1-4H3,(H,34,40)(H,35,41)(H,36,37). The van der Waals surface area contributed by atoms with Gasteiger partial charge in [0.15, 0.2) is 0 Å². The molecule has 1 heterocycles. The van der Waals surface area contributed by atoms with E-state index in [2.05, 4.69) is 43.3 Å². The summed E-state index contributed by atoms with van der Waals surface area (Å²) >= 11 is 0. The molecule has 3 N–H and O–H groups in total. The van der Waals surface area contributed by atoms with Crippen LogP contribution in [0.5, 0.6) is 0 Å². The van der Waals surface area contributed by atoms with Crippen LogP contribution in [0, 0.1) is 33.5 Å². The van der Waals surface area contributed by atoms with Crippen LogP contribution >= 0.6 is 0 Å². The normalized spacial score (nSPS) is 30.7. The molecular formula is C33H36N4O4. The highest BCUT2D eigenvalue weighted by molar-refractivity contribution is 6.14. The van der Waals surface area contributed by atoms with E-state index in [1.807, 2.05) is 42.5 Å². The summed E-state index contributed by atoms with van der Waals surface area (Å²) in [5.74, 6) is 0.913. The number of H-pyrrole nitrogens is 1. The number of nitrogens with one attached hydrogen (secondary N) is 3. The maximum absolute atomic E-state index is 13.5. The number of carbonyl (C=O) groups is 4. The van der Waals surface area contributed by atoms with Crippen molar-refractivity contribution < 1.29 is 19.2 Å². The molecule has 3 aromatic rings. The number of rotatable bonds is 5. The quantitative estimate of drug-likeness (QED) is 0.341. The Kier molecular flexibility index (Phi) is 5.33. The lowest BCUT2D eigenvalue weighted by Gasteiger charge is -2.35. The summed E-state index contributed by atoms with van der Waals surface area (Å²) in [5, 5.41) is 6.09. The largest absolute Gasteiger partial charge is 0.338 e. The molecule has 4 fully saturated rings. The van der Waals surface area contributed by atoms with Crippen molar-refractivity contribution in [2.45, 2.75) is 66.2 Å². The molecule has 4 aliphatic carbocycles. The summed E-state index contributed by atoms with van der Waals surface area (Å²) in [4.78, 5) is 60.3. The first-order valence-corrected chi connectivity index (χ1v) is 14.7. The number of anilines is 2. The zero-order valence-corrected chi connectivity index (χ0v) is 24.0. The highest BCUT2D eigenvalue weighted by Gasteiger charge is 2.68. The van der Waals surface area contributed by atoms with Crippen LogP contribution < -0.4 is 10.6 Å². The molecule has 4 atom stereocenters. The van der Waals surface area contributed by atoms with E-state index >= 15 is 0 Å². The van der Waals surface area contributed by atoms with Crippen molar-refractivity contribution in [3.63, 3.8) is 0 Å². The van der Waals surface area contributed by atoms with Crippen LogP contribution in [0.4, 0.5) is 11.4 Å². The van der Waals surface area contributed by atoms with E-state index in [1.165, 1.54) is 0 Å². The van der Waals surface area contributed by atoms with Crippen molar-refractivity contribution in [3.05, 3.63) is 42.5 Å². The third-order valence-electron chi connectivity index (χ3n) is 11.7. The van der Waals surface area contributed by atoms with Gasteiger partial charge in [-0.25, -0.2) is 4.98 Å². The molecule has 0 saturated heterocycles. The first kappa shape index (κ1) is 26.1. The van der Waals surface area contributed by atoms with Gasteiger partial charge in [-0.15, -0.1) is 0 Å². The third-order valence-corrected chi connectivity index (χ3v) is 11.7. The summed E-state index contributed by atoms with van der Waals surface area (Å²) in [5.41, 5.74) is 1.44. The number of hydrogen-bond acceptors (Lipinski definition) is 5. The first-order valence-electron chi connectivity index (χ1n) is 14.7. The predicted octanol–water partition coefficient (Wildman–Crippen LogP) is 5.90. The second-order valence-electron chi connectivity index (χ2n) is 13.8. The fourth-order valence-corrected chi connectivity index (χ4v) is 8.83. The molecule has 4 bridgehead atoms. The molecule has 0 spiro atoms. The van der Waals surface area contributed by atoms with E-state index in [0.717, 1.165) is 35.9 Å². The molecule has 0 aliphatic heterocycles. The van der Waals surface area contributed by atoms with E-state index in [9.17, 15) is 19.2 Å². The lowest BCUT2D eigenvalue weighted by atomic mass is 9.68. The Bertz CT molecular complexity index is 1650. The Morgan fingerprint density at radius 3 is 2.20 bits per heavy atom. The molecule has 2 amide bonds. The minimum atomic E-state index is -0.953. The third kappa shape index (κ3) is 3.36. The van der Waals surface area contributed by atoms with Crippen LogP contribution in [-0.4, -0.2) is 33.3 Å². The lowest BCUT2D eigenvalue weighted by Crippen LogP contribution is -2.46. The van der Waals surface area contributed by atoms with Gasteiger partial charge in [-0.1, -0.05) is 27.7 Å². The number of nitrogens with zero attached hydrogens (tertiary/aromatic N) is 1. The number of hydrogen-bond donors (Lipinski definition) is 3. The van der Waals surface area contributed by atoms with Crippen molar-refractivity contribution in [1.29, 1.82) is 0 Å². The van der Waals surface area contributed by atoms with E-state index in [-0.39, 0.29) is 46.0 Å². The molecule has 1 aromatic heterocycles. The smallest absolute Gasteiger partial charge is 0.238 e. The molecule has 41 heavy (non-hydrogen) atoms. The van der Waals surface area contributed by atoms with E-state index in [4.69, 9.17) is 4.98 Å². The minimum absolute atomic E-state index is 0.0238. The van der Waals surface area contributed by atoms with Crippen LogP contribution in [-0.2, 0) is 19.2 Å². The SMILES string of the molecule is CC1(C)C2CCC1(C(=O)Nc1ccc(-c3nc4ccc(NC(=O)C56CCC(CC5=O)C6(C)C)cc4[nH]3)cc1)CC2=O. The summed E-state index contributed by atoms with van der Waals surface area (Å²) in [6.07, 6.45) is 3.87. The van der Waals surface area contributed by atoms with Crippen molar-refractivity contribution in [3.8, 4) is 11.4 Å². The number of ketones is 2. The summed E-state index contributed by atoms with van der Waals surface area (Å²) in [6.45, 7) is 8.21. The zero-order valence-electron chi connectivity index (χ0n) is 24.0. The number of imidazole rings is 1. The predicted molar refractivity (Wildman–Crippen MR) is 156 cm³/mol. The highest BCUT2D eigenvalue weighted by Crippen LogP contribution is 2.65. The van der Waals surface area contributed by atoms with Crippen LogP contribution in [0.2, 0.25) is 0 Å². The second kappa shape index (κ2) is 8.37. The average molecular weight is 553 g/mol. The van der Waals surface area contributed by atoms with Gasteiger partial charge in [0.25, 0.3) is 0 Å². The lowest BCUT2D eigenvalue weighted by molar-refractivity contribution is -0.141. The molecule has 8 heteroatoms. The number of aromatic amines is 1. The number of benzene rings is 2. The van der Waals surface area contributed by atoms with Gasteiger partial charge in [0.2, 0.25) is 11.8 Å². The molecule has 7 rings (SSSR count).